The highest BCUT2D eigenvalue weighted by Crippen LogP contribution is 2.22. The van der Waals surface area contributed by atoms with E-state index in [0.717, 1.165) is 5.56 Å². The van der Waals surface area contributed by atoms with E-state index in [1.807, 2.05) is 51.1 Å². The third-order valence-corrected chi connectivity index (χ3v) is 3.02. The maximum absolute atomic E-state index is 11.8. The number of benzene rings is 1. The van der Waals surface area contributed by atoms with Crippen molar-refractivity contribution in [1.29, 1.82) is 0 Å². The molecule has 0 amide bonds. The normalized spacial score (nSPS) is 18.9. The quantitative estimate of drug-likeness (QED) is 0.846. The molecule has 2 unspecified atom stereocenters. The van der Waals surface area contributed by atoms with Crippen molar-refractivity contribution in [2.24, 2.45) is 5.73 Å². The minimum absolute atomic E-state index is 0.0600. The topological polar surface area (TPSA) is 70.8 Å². The second-order valence-corrected chi connectivity index (χ2v) is 6.29. The smallest absolute Gasteiger partial charge is 0.308 e. The van der Waals surface area contributed by atoms with Gasteiger partial charge in [-0.3, -0.25) is 4.79 Å². The fraction of sp³-hybridized carbons (Fsp3) is 0.471. The van der Waals surface area contributed by atoms with E-state index in [2.05, 4.69) is 0 Å². The molecule has 2 N–H and O–H groups in total. The van der Waals surface area contributed by atoms with E-state index in [-0.39, 0.29) is 12.4 Å². The second-order valence-electron chi connectivity index (χ2n) is 6.29. The number of nitrogens with two attached hydrogens (primary N) is 1. The SMILES string of the molecule is CC(C)(C)OC(=O)CC(N)C1=COC(Cc2ccccc2)O1. The lowest BCUT2D eigenvalue weighted by molar-refractivity contribution is -0.155. The van der Waals surface area contributed by atoms with Gasteiger partial charge in [0.05, 0.1) is 12.5 Å². The minimum Gasteiger partial charge on any atom is -0.460 e. The third kappa shape index (κ3) is 5.07. The van der Waals surface area contributed by atoms with Crippen molar-refractivity contribution in [1.82, 2.24) is 0 Å². The highest BCUT2D eigenvalue weighted by atomic mass is 16.7. The number of hydrogen-bond donors (Lipinski definition) is 1. The Hall–Kier alpha value is -2.01. The zero-order valence-electron chi connectivity index (χ0n) is 13.2. The monoisotopic (exact) mass is 305 g/mol. The van der Waals surface area contributed by atoms with Crippen LogP contribution in [0.2, 0.25) is 0 Å². The highest BCUT2D eigenvalue weighted by molar-refractivity contribution is 5.71. The predicted octanol–water partition coefficient (Wildman–Crippen LogP) is 2.50. The summed E-state index contributed by atoms with van der Waals surface area (Å²) < 4.78 is 16.4. The molecule has 22 heavy (non-hydrogen) atoms. The van der Waals surface area contributed by atoms with Crippen LogP contribution in [0, 0.1) is 0 Å². The van der Waals surface area contributed by atoms with E-state index < -0.39 is 17.9 Å². The van der Waals surface area contributed by atoms with Crippen LogP contribution >= 0.6 is 0 Å². The lowest BCUT2D eigenvalue weighted by Gasteiger charge is -2.21. The van der Waals surface area contributed by atoms with E-state index in [9.17, 15) is 4.79 Å². The van der Waals surface area contributed by atoms with Crippen molar-refractivity contribution in [3.63, 3.8) is 0 Å². The van der Waals surface area contributed by atoms with Gasteiger partial charge < -0.3 is 19.9 Å². The molecule has 1 aliphatic rings. The van der Waals surface area contributed by atoms with Crippen molar-refractivity contribution in [2.45, 2.75) is 51.5 Å². The Bertz CT molecular complexity index is 533. The van der Waals surface area contributed by atoms with Crippen LogP contribution in [0.15, 0.2) is 42.4 Å². The standard InChI is InChI=1S/C17H23NO4/c1-17(2,3)22-15(19)10-13(18)14-11-20-16(21-14)9-12-7-5-4-6-8-12/h4-8,11,13,16H,9-10,18H2,1-3H3. The molecular weight excluding hydrogens is 282 g/mol. The number of esters is 1. The van der Waals surface area contributed by atoms with Crippen LogP contribution in [0.1, 0.15) is 32.8 Å². The molecule has 0 aliphatic carbocycles. The summed E-state index contributed by atoms with van der Waals surface area (Å²) in [7, 11) is 0. The summed E-state index contributed by atoms with van der Waals surface area (Å²) in [6, 6.07) is 9.34. The highest BCUT2D eigenvalue weighted by Gasteiger charge is 2.27. The van der Waals surface area contributed by atoms with Gasteiger partial charge in [0.2, 0.25) is 6.29 Å². The molecule has 0 spiro atoms. The van der Waals surface area contributed by atoms with Crippen LogP contribution in [-0.4, -0.2) is 23.9 Å². The molecule has 0 saturated heterocycles. The number of hydrogen-bond acceptors (Lipinski definition) is 5. The molecule has 1 aromatic rings. The summed E-state index contributed by atoms with van der Waals surface area (Å²) >= 11 is 0. The molecule has 120 valence electrons. The largest absolute Gasteiger partial charge is 0.460 e. The van der Waals surface area contributed by atoms with Crippen LogP contribution in [0.3, 0.4) is 0 Å². The lowest BCUT2D eigenvalue weighted by atomic mass is 10.1. The van der Waals surface area contributed by atoms with Gasteiger partial charge in [0, 0.05) is 6.42 Å². The van der Waals surface area contributed by atoms with Gasteiger partial charge in [0.25, 0.3) is 0 Å². The second kappa shape index (κ2) is 6.83. The van der Waals surface area contributed by atoms with E-state index in [4.69, 9.17) is 19.9 Å². The number of ether oxygens (including phenoxy) is 3. The Morgan fingerprint density at radius 2 is 2.00 bits per heavy atom. The Labute approximate surface area is 131 Å². The zero-order valence-corrected chi connectivity index (χ0v) is 13.2. The summed E-state index contributed by atoms with van der Waals surface area (Å²) in [4.78, 5) is 11.8. The predicted molar refractivity (Wildman–Crippen MR) is 82.6 cm³/mol. The maximum Gasteiger partial charge on any atom is 0.308 e. The summed E-state index contributed by atoms with van der Waals surface area (Å²) in [5.41, 5.74) is 6.57. The molecule has 0 radical (unpaired) electrons. The molecule has 5 heteroatoms. The van der Waals surface area contributed by atoms with Crippen LogP contribution < -0.4 is 5.73 Å². The maximum atomic E-state index is 11.8. The van der Waals surface area contributed by atoms with Crippen LogP contribution in [0.5, 0.6) is 0 Å². The van der Waals surface area contributed by atoms with Gasteiger partial charge in [0.1, 0.15) is 11.9 Å². The first-order chi connectivity index (χ1) is 10.3. The summed E-state index contributed by atoms with van der Waals surface area (Å²) in [6.07, 6.45) is 1.77. The summed E-state index contributed by atoms with van der Waals surface area (Å²) in [5, 5.41) is 0. The van der Waals surface area contributed by atoms with E-state index in [1.165, 1.54) is 6.26 Å². The molecule has 1 aromatic carbocycles. The third-order valence-electron chi connectivity index (χ3n) is 3.02. The molecule has 2 rings (SSSR count). The first-order valence-electron chi connectivity index (χ1n) is 7.37. The first-order valence-corrected chi connectivity index (χ1v) is 7.37. The van der Waals surface area contributed by atoms with Crippen molar-refractivity contribution in [3.8, 4) is 0 Å². The fourth-order valence-electron chi connectivity index (χ4n) is 2.08. The van der Waals surface area contributed by atoms with Crippen LogP contribution in [-0.2, 0) is 25.4 Å². The average Bonchev–Trinajstić information content (AvgIpc) is 2.86. The molecule has 0 aromatic heterocycles. The van der Waals surface area contributed by atoms with E-state index in [1.54, 1.807) is 0 Å². The summed E-state index contributed by atoms with van der Waals surface area (Å²) in [5.74, 6) is 0.128. The van der Waals surface area contributed by atoms with Crippen LogP contribution in [0.25, 0.3) is 0 Å². The van der Waals surface area contributed by atoms with Gasteiger partial charge in [0.15, 0.2) is 5.76 Å². The first kappa shape index (κ1) is 16.4. The van der Waals surface area contributed by atoms with Gasteiger partial charge in [-0.1, -0.05) is 30.3 Å². The minimum atomic E-state index is -0.560. The summed E-state index contributed by atoms with van der Waals surface area (Å²) in [6.45, 7) is 5.46. The number of carbonyl (C=O) groups is 1. The Balaban J connectivity index is 1.81. The zero-order chi connectivity index (χ0) is 16.2. The fourth-order valence-corrected chi connectivity index (χ4v) is 2.08. The van der Waals surface area contributed by atoms with Gasteiger partial charge >= 0.3 is 5.97 Å². The van der Waals surface area contributed by atoms with Crippen molar-refractivity contribution in [3.05, 3.63) is 47.9 Å². The molecule has 1 aliphatic heterocycles. The Morgan fingerprint density at radius 1 is 1.32 bits per heavy atom. The van der Waals surface area contributed by atoms with Gasteiger partial charge in [-0.15, -0.1) is 0 Å². The van der Waals surface area contributed by atoms with Gasteiger partial charge in [-0.25, -0.2) is 0 Å². The average molecular weight is 305 g/mol. The molecule has 2 atom stereocenters. The van der Waals surface area contributed by atoms with Crippen molar-refractivity contribution >= 4 is 5.97 Å². The Morgan fingerprint density at radius 3 is 2.64 bits per heavy atom. The van der Waals surface area contributed by atoms with E-state index >= 15 is 0 Å². The van der Waals surface area contributed by atoms with Gasteiger partial charge in [-0.2, -0.15) is 0 Å². The molecule has 0 bridgehead atoms. The Kier molecular flexibility index (Phi) is 5.08. The van der Waals surface area contributed by atoms with Crippen LogP contribution in [0.4, 0.5) is 0 Å². The molecule has 0 saturated carbocycles. The van der Waals surface area contributed by atoms with Crippen molar-refractivity contribution in [2.75, 3.05) is 0 Å². The molecule has 1 heterocycles. The molecule has 5 nitrogen and oxygen atoms in total. The number of carbonyl (C=O) groups excluding carboxylic acids is 1. The van der Waals surface area contributed by atoms with Crippen molar-refractivity contribution < 1.29 is 19.0 Å². The van der Waals surface area contributed by atoms with Gasteiger partial charge in [-0.05, 0) is 26.3 Å². The lowest BCUT2D eigenvalue weighted by Crippen LogP contribution is -2.32. The molecule has 0 fully saturated rings. The van der Waals surface area contributed by atoms with E-state index in [0.29, 0.717) is 12.2 Å². The number of rotatable bonds is 5. The molecular formula is C17H23NO4.